The van der Waals surface area contributed by atoms with E-state index >= 15 is 4.39 Å². The molecule has 3 aromatic carbocycles. The molecule has 1 atom stereocenters. The first-order valence-electron chi connectivity index (χ1n) is 17.0. The lowest BCUT2D eigenvalue weighted by atomic mass is 10.0. The number of halogens is 1. The summed E-state index contributed by atoms with van der Waals surface area (Å²) in [5, 5.41) is 8.12. The number of carbonyl (C=O) groups is 1. The van der Waals surface area contributed by atoms with Crippen molar-refractivity contribution in [1.82, 2.24) is 24.6 Å². The Morgan fingerprint density at radius 2 is 1.81 bits per heavy atom. The predicted molar refractivity (Wildman–Crippen MR) is 187 cm³/mol. The smallest absolute Gasteiger partial charge is 0.256 e. The lowest BCUT2D eigenvalue weighted by Gasteiger charge is -2.32. The normalized spacial score (nSPS) is 18.4. The molecule has 1 unspecified atom stereocenters. The van der Waals surface area contributed by atoms with Crippen LogP contribution in [0, 0.1) is 5.82 Å². The fourth-order valence-electron chi connectivity index (χ4n) is 7.54. The number of furan rings is 1. The van der Waals surface area contributed by atoms with Crippen LogP contribution < -0.4 is 20.8 Å². The van der Waals surface area contributed by atoms with Crippen LogP contribution in [0.1, 0.15) is 36.0 Å². The Labute approximate surface area is 278 Å². The molecule has 2 fully saturated rings. The van der Waals surface area contributed by atoms with E-state index in [0.29, 0.717) is 41.7 Å². The number of ether oxygens (including phenoxy) is 1. The van der Waals surface area contributed by atoms with Crippen LogP contribution >= 0.6 is 0 Å². The maximum atomic E-state index is 16.0. The quantitative estimate of drug-likeness (QED) is 0.201. The number of hydrogen-bond acceptors (Lipinski definition) is 8. The number of aromatic nitrogens is 1. The second-order valence-electron chi connectivity index (χ2n) is 13.5. The molecule has 8 rings (SSSR count). The van der Waals surface area contributed by atoms with E-state index in [4.69, 9.17) is 9.15 Å². The summed E-state index contributed by atoms with van der Waals surface area (Å²) < 4.78 is 30.5. The topological polar surface area (TPSA) is 95.2 Å². The zero-order chi connectivity index (χ0) is 32.9. The van der Waals surface area contributed by atoms with Crippen molar-refractivity contribution in [1.29, 1.82) is 0 Å². The van der Waals surface area contributed by atoms with Crippen LogP contribution in [-0.2, 0) is 0 Å². The molecule has 3 aliphatic rings. The molecule has 0 saturated carbocycles. The highest BCUT2D eigenvalue weighted by atomic mass is 19.1. The van der Waals surface area contributed by atoms with Crippen LogP contribution in [-0.4, -0.2) is 97.7 Å². The van der Waals surface area contributed by atoms with Crippen LogP contribution in [0.5, 0.6) is 11.5 Å². The van der Waals surface area contributed by atoms with E-state index in [9.17, 15) is 9.59 Å². The molecule has 11 heteroatoms. The molecule has 5 aromatic rings. The van der Waals surface area contributed by atoms with Gasteiger partial charge >= 0.3 is 0 Å². The molecule has 2 N–H and O–H groups in total. The Bertz CT molecular complexity index is 2100. The van der Waals surface area contributed by atoms with Crippen molar-refractivity contribution in [2.24, 2.45) is 0 Å². The van der Waals surface area contributed by atoms with Gasteiger partial charge in [0.2, 0.25) is 5.43 Å². The van der Waals surface area contributed by atoms with E-state index < -0.39 is 17.2 Å². The summed E-state index contributed by atoms with van der Waals surface area (Å²) in [6.45, 7) is 6.98. The zero-order valence-corrected chi connectivity index (χ0v) is 27.5. The van der Waals surface area contributed by atoms with Gasteiger partial charge in [0.1, 0.15) is 27.9 Å². The molecule has 3 aliphatic heterocycles. The maximum absolute atomic E-state index is 16.0. The Kier molecular flexibility index (Phi) is 8.06. The number of nitrogens with zero attached hydrogens (tertiary/aromatic N) is 4. The van der Waals surface area contributed by atoms with Crippen LogP contribution in [0.15, 0.2) is 57.9 Å². The monoisotopic (exact) mass is 652 g/mol. The van der Waals surface area contributed by atoms with Gasteiger partial charge in [0.25, 0.3) is 5.91 Å². The van der Waals surface area contributed by atoms with Crippen molar-refractivity contribution in [2.75, 3.05) is 71.8 Å². The minimum absolute atomic E-state index is 0.0463. The number of benzene rings is 3. The number of piperazine rings is 1. The van der Waals surface area contributed by atoms with E-state index in [-0.39, 0.29) is 22.4 Å². The molecule has 5 heterocycles. The van der Waals surface area contributed by atoms with Gasteiger partial charge in [0.05, 0.1) is 11.1 Å². The van der Waals surface area contributed by atoms with Crippen LogP contribution in [0.2, 0.25) is 0 Å². The van der Waals surface area contributed by atoms with Gasteiger partial charge in [-0.15, -0.1) is 0 Å². The number of fused-ring (bicyclic) bond motifs is 5. The van der Waals surface area contributed by atoms with Gasteiger partial charge < -0.3 is 39.1 Å². The third kappa shape index (κ3) is 5.49. The fourth-order valence-corrected chi connectivity index (χ4v) is 7.54. The molecule has 0 spiro atoms. The Morgan fingerprint density at radius 1 is 0.979 bits per heavy atom. The first-order valence-corrected chi connectivity index (χ1v) is 17.0. The maximum Gasteiger partial charge on any atom is 0.256 e. The number of para-hydroxylation sites is 1. The van der Waals surface area contributed by atoms with Crippen LogP contribution in [0.25, 0.3) is 38.5 Å². The number of anilines is 1. The van der Waals surface area contributed by atoms with E-state index in [1.807, 2.05) is 36.4 Å². The third-order valence-electron chi connectivity index (χ3n) is 10.4. The average Bonchev–Trinajstić information content (AvgIpc) is 3.67. The molecule has 48 heavy (non-hydrogen) atoms. The number of likely N-dealkylation sites (tertiary alicyclic amines) is 1. The van der Waals surface area contributed by atoms with Crippen LogP contribution in [0.4, 0.5) is 10.1 Å². The van der Waals surface area contributed by atoms with Gasteiger partial charge in [-0.25, -0.2) is 4.39 Å². The lowest BCUT2D eigenvalue weighted by molar-refractivity contribution is 0.0948. The summed E-state index contributed by atoms with van der Waals surface area (Å²) >= 11 is 0. The number of carbonyl (C=O) groups excluding carboxylic acids is 1. The standard InChI is InChI=1S/C37H41FN6O4/c1-41-15-17-43(18-16-41)14-6-11-40-37(46)27-22-44-29-21-31-25(24-8-3-4-9-30(24)47-31)20-32(29)48-36-33(28(38)19-26(34(36)44)35(27)45)39-12-10-23-7-5-13-42(23)2/h3-4,8-9,19-23,39H,5-7,10-18H2,1-2H3,(H,40,46). The van der Waals surface area contributed by atoms with Crippen molar-refractivity contribution in [3.8, 4) is 17.2 Å². The summed E-state index contributed by atoms with van der Waals surface area (Å²) in [7, 11) is 4.25. The first kappa shape index (κ1) is 30.9. The number of nitrogens with one attached hydrogen (secondary N) is 2. The largest absolute Gasteiger partial charge is 0.456 e. The summed E-state index contributed by atoms with van der Waals surface area (Å²) in [5.74, 6) is -0.356. The van der Waals surface area contributed by atoms with E-state index in [1.165, 1.54) is 6.07 Å². The van der Waals surface area contributed by atoms with Gasteiger partial charge in [0, 0.05) is 68.3 Å². The van der Waals surface area contributed by atoms with Gasteiger partial charge in [-0.2, -0.15) is 0 Å². The van der Waals surface area contributed by atoms with Gasteiger partial charge in [-0.05, 0) is 71.1 Å². The Morgan fingerprint density at radius 3 is 2.62 bits per heavy atom. The van der Waals surface area contributed by atoms with Crippen molar-refractivity contribution < 1.29 is 18.3 Å². The van der Waals surface area contributed by atoms with Crippen molar-refractivity contribution >= 4 is 44.4 Å². The zero-order valence-electron chi connectivity index (χ0n) is 27.5. The number of hydrogen-bond donors (Lipinski definition) is 2. The summed E-state index contributed by atoms with van der Waals surface area (Å²) in [5.41, 5.74) is 2.03. The fraction of sp³-hybridized carbons (Fsp3) is 0.405. The molecular formula is C37H41FN6O4. The molecule has 10 nitrogen and oxygen atoms in total. The highest BCUT2D eigenvalue weighted by Crippen LogP contribution is 2.47. The number of pyridine rings is 1. The molecule has 2 aromatic heterocycles. The Hall–Kier alpha value is -4.45. The van der Waals surface area contributed by atoms with Gasteiger partial charge in [0.15, 0.2) is 17.3 Å². The molecule has 250 valence electrons. The van der Waals surface area contributed by atoms with E-state index in [0.717, 1.165) is 81.3 Å². The molecule has 0 aliphatic carbocycles. The van der Waals surface area contributed by atoms with Gasteiger partial charge in [-0.1, -0.05) is 18.2 Å². The molecule has 0 radical (unpaired) electrons. The predicted octanol–water partition coefficient (Wildman–Crippen LogP) is 5.40. The average molecular weight is 653 g/mol. The third-order valence-corrected chi connectivity index (χ3v) is 10.4. The Balaban J connectivity index is 1.16. The molecular weight excluding hydrogens is 611 g/mol. The molecule has 0 bridgehead atoms. The second-order valence-corrected chi connectivity index (χ2v) is 13.5. The number of amides is 1. The summed E-state index contributed by atoms with van der Waals surface area (Å²) in [6.07, 6.45) is 5.46. The summed E-state index contributed by atoms with van der Waals surface area (Å²) in [6, 6.07) is 13.2. The number of likely N-dealkylation sites (N-methyl/N-ethyl adjacent to an activating group) is 1. The number of rotatable bonds is 9. The minimum Gasteiger partial charge on any atom is -0.456 e. The highest BCUT2D eigenvalue weighted by molar-refractivity contribution is 6.07. The summed E-state index contributed by atoms with van der Waals surface area (Å²) in [4.78, 5) is 34.5. The van der Waals surface area contributed by atoms with Crippen molar-refractivity contribution in [3.63, 3.8) is 0 Å². The van der Waals surface area contributed by atoms with E-state index in [2.05, 4.69) is 39.4 Å². The van der Waals surface area contributed by atoms with Crippen molar-refractivity contribution in [3.05, 3.63) is 70.3 Å². The van der Waals surface area contributed by atoms with Crippen molar-refractivity contribution in [2.45, 2.75) is 31.7 Å². The first-order chi connectivity index (χ1) is 23.4. The molecule has 1 amide bonds. The minimum atomic E-state index is -0.594. The lowest BCUT2D eigenvalue weighted by Crippen LogP contribution is -2.45. The highest BCUT2D eigenvalue weighted by Gasteiger charge is 2.30. The van der Waals surface area contributed by atoms with E-state index in [1.54, 1.807) is 10.8 Å². The SMILES string of the molecule is CN1CCN(CCCNC(=O)c2cn3c4c(c(NCCC5CCCN5C)c(F)cc4c2=O)Oc2cc4c(cc2-3)oc2ccccc24)CC1. The van der Waals surface area contributed by atoms with Gasteiger partial charge in [-0.3, -0.25) is 9.59 Å². The second kappa shape index (κ2) is 12.5. The molecule has 2 saturated heterocycles. The van der Waals surface area contributed by atoms with Crippen LogP contribution in [0.3, 0.4) is 0 Å².